The van der Waals surface area contributed by atoms with Crippen molar-refractivity contribution in [2.75, 3.05) is 13.1 Å². The van der Waals surface area contributed by atoms with E-state index in [2.05, 4.69) is 10.6 Å². The van der Waals surface area contributed by atoms with E-state index in [1.165, 1.54) is 6.07 Å². The molecule has 1 aromatic carbocycles. The van der Waals surface area contributed by atoms with Crippen LogP contribution in [0.15, 0.2) is 24.3 Å². The Morgan fingerprint density at radius 1 is 1.04 bits per heavy atom. The molecule has 6 heteroatoms. The van der Waals surface area contributed by atoms with Gasteiger partial charge in [0.05, 0.1) is 5.41 Å². The molecular formula is C17H24N2O4. The summed E-state index contributed by atoms with van der Waals surface area (Å²) >= 11 is 0. The monoisotopic (exact) mass is 320 g/mol. The fourth-order valence-corrected chi connectivity index (χ4v) is 1.84. The third-order valence-electron chi connectivity index (χ3n) is 3.54. The number of carbonyl (C=O) groups excluding carboxylic acids is 2. The largest absolute Gasteiger partial charge is 0.481 e. The summed E-state index contributed by atoms with van der Waals surface area (Å²) < 4.78 is 0. The zero-order valence-electron chi connectivity index (χ0n) is 13.8. The SMILES string of the molecule is CCCNC(=O)c1cccc(C(=O)NCCC(C)(C)C(=O)O)c1. The van der Waals surface area contributed by atoms with E-state index in [0.717, 1.165) is 6.42 Å². The number of benzene rings is 1. The van der Waals surface area contributed by atoms with Crippen molar-refractivity contribution < 1.29 is 19.5 Å². The summed E-state index contributed by atoms with van der Waals surface area (Å²) in [6.45, 7) is 6.02. The number of hydrogen-bond donors (Lipinski definition) is 3. The molecule has 1 rings (SSSR count). The highest BCUT2D eigenvalue weighted by molar-refractivity contribution is 5.99. The van der Waals surface area contributed by atoms with Crippen LogP contribution >= 0.6 is 0 Å². The van der Waals surface area contributed by atoms with Crippen LogP contribution in [0.3, 0.4) is 0 Å². The van der Waals surface area contributed by atoms with Crippen molar-refractivity contribution in [3.8, 4) is 0 Å². The number of amides is 2. The molecule has 0 aliphatic carbocycles. The van der Waals surface area contributed by atoms with Crippen LogP contribution in [-0.4, -0.2) is 36.0 Å². The molecule has 0 unspecified atom stereocenters. The van der Waals surface area contributed by atoms with Gasteiger partial charge in [0.1, 0.15) is 0 Å². The van der Waals surface area contributed by atoms with Gasteiger partial charge in [-0.3, -0.25) is 14.4 Å². The lowest BCUT2D eigenvalue weighted by molar-refractivity contribution is -0.147. The van der Waals surface area contributed by atoms with E-state index >= 15 is 0 Å². The molecule has 126 valence electrons. The quantitative estimate of drug-likeness (QED) is 0.683. The van der Waals surface area contributed by atoms with Gasteiger partial charge < -0.3 is 15.7 Å². The fraction of sp³-hybridized carbons (Fsp3) is 0.471. The predicted octanol–water partition coefficient (Wildman–Crippen LogP) is 2.06. The normalized spacial score (nSPS) is 10.9. The minimum absolute atomic E-state index is 0.214. The first-order valence-electron chi connectivity index (χ1n) is 7.68. The lowest BCUT2D eigenvalue weighted by Crippen LogP contribution is -2.32. The fourth-order valence-electron chi connectivity index (χ4n) is 1.84. The van der Waals surface area contributed by atoms with E-state index in [1.807, 2.05) is 6.92 Å². The third kappa shape index (κ3) is 5.73. The van der Waals surface area contributed by atoms with Crippen LogP contribution in [0.2, 0.25) is 0 Å². The maximum absolute atomic E-state index is 12.1. The minimum atomic E-state index is -0.902. The molecular weight excluding hydrogens is 296 g/mol. The van der Waals surface area contributed by atoms with Crippen LogP contribution in [0.1, 0.15) is 54.3 Å². The van der Waals surface area contributed by atoms with Crippen LogP contribution in [0.4, 0.5) is 0 Å². The van der Waals surface area contributed by atoms with Crippen LogP contribution < -0.4 is 10.6 Å². The Kier molecular flexibility index (Phi) is 6.75. The highest BCUT2D eigenvalue weighted by atomic mass is 16.4. The van der Waals surface area contributed by atoms with Gasteiger partial charge in [-0.2, -0.15) is 0 Å². The molecule has 3 N–H and O–H groups in total. The molecule has 0 aliphatic heterocycles. The van der Waals surface area contributed by atoms with E-state index in [-0.39, 0.29) is 18.4 Å². The Labute approximate surface area is 136 Å². The van der Waals surface area contributed by atoms with Gasteiger partial charge in [-0.15, -0.1) is 0 Å². The Morgan fingerprint density at radius 3 is 2.04 bits per heavy atom. The summed E-state index contributed by atoms with van der Waals surface area (Å²) in [6, 6.07) is 6.45. The second-order valence-electron chi connectivity index (χ2n) is 6.03. The molecule has 2 amide bonds. The van der Waals surface area contributed by atoms with Crippen LogP contribution in [0, 0.1) is 5.41 Å². The van der Waals surface area contributed by atoms with E-state index < -0.39 is 11.4 Å². The highest BCUT2D eigenvalue weighted by Gasteiger charge is 2.26. The summed E-state index contributed by atoms with van der Waals surface area (Å²) in [4.78, 5) is 35.0. The molecule has 23 heavy (non-hydrogen) atoms. The lowest BCUT2D eigenvalue weighted by Gasteiger charge is -2.18. The average molecular weight is 320 g/mol. The van der Waals surface area contributed by atoms with Crippen molar-refractivity contribution in [2.24, 2.45) is 5.41 Å². The van der Waals surface area contributed by atoms with Gasteiger partial charge in [0.15, 0.2) is 0 Å². The molecule has 6 nitrogen and oxygen atoms in total. The van der Waals surface area contributed by atoms with Gasteiger partial charge in [0.25, 0.3) is 11.8 Å². The van der Waals surface area contributed by atoms with Crippen molar-refractivity contribution >= 4 is 17.8 Å². The first kappa shape index (κ1) is 18.7. The van der Waals surface area contributed by atoms with Gasteiger partial charge in [-0.1, -0.05) is 13.0 Å². The van der Waals surface area contributed by atoms with Gasteiger partial charge in [-0.05, 0) is 44.9 Å². The summed E-state index contributed by atoms with van der Waals surface area (Å²) in [5, 5.41) is 14.5. The number of nitrogens with one attached hydrogen (secondary N) is 2. The van der Waals surface area contributed by atoms with Crippen molar-refractivity contribution in [2.45, 2.75) is 33.6 Å². The smallest absolute Gasteiger partial charge is 0.309 e. The second kappa shape index (κ2) is 8.31. The van der Waals surface area contributed by atoms with Gasteiger partial charge in [0, 0.05) is 24.2 Å². The Bertz CT molecular complexity index is 582. The zero-order valence-corrected chi connectivity index (χ0v) is 13.8. The summed E-state index contributed by atoms with van der Waals surface area (Å²) in [5.74, 6) is -1.44. The number of carboxylic acids is 1. The molecule has 0 radical (unpaired) electrons. The maximum atomic E-state index is 12.1. The second-order valence-corrected chi connectivity index (χ2v) is 6.03. The number of aliphatic carboxylic acids is 1. The van der Waals surface area contributed by atoms with Crippen LogP contribution in [-0.2, 0) is 4.79 Å². The van der Waals surface area contributed by atoms with Crippen LogP contribution in [0.5, 0.6) is 0 Å². The number of carbonyl (C=O) groups is 3. The van der Waals surface area contributed by atoms with Crippen molar-refractivity contribution in [1.82, 2.24) is 10.6 Å². The molecule has 0 saturated carbocycles. The molecule has 0 spiro atoms. The van der Waals surface area contributed by atoms with E-state index in [9.17, 15) is 14.4 Å². The summed E-state index contributed by atoms with van der Waals surface area (Å²) in [7, 11) is 0. The summed E-state index contributed by atoms with van der Waals surface area (Å²) in [5.41, 5.74) is -0.0888. The Balaban J connectivity index is 2.63. The maximum Gasteiger partial charge on any atom is 0.309 e. The van der Waals surface area contributed by atoms with Crippen LogP contribution in [0.25, 0.3) is 0 Å². The van der Waals surface area contributed by atoms with Crippen molar-refractivity contribution in [3.05, 3.63) is 35.4 Å². The predicted molar refractivity (Wildman–Crippen MR) is 87.4 cm³/mol. The van der Waals surface area contributed by atoms with Crippen molar-refractivity contribution in [1.29, 1.82) is 0 Å². The topological polar surface area (TPSA) is 95.5 Å². The molecule has 0 atom stereocenters. The Morgan fingerprint density at radius 2 is 1.57 bits per heavy atom. The molecule has 0 aromatic heterocycles. The Hall–Kier alpha value is -2.37. The molecule has 0 heterocycles. The first-order valence-corrected chi connectivity index (χ1v) is 7.68. The van der Waals surface area contributed by atoms with Crippen molar-refractivity contribution in [3.63, 3.8) is 0 Å². The average Bonchev–Trinajstić information content (AvgIpc) is 2.52. The third-order valence-corrected chi connectivity index (χ3v) is 3.54. The molecule has 0 fully saturated rings. The lowest BCUT2D eigenvalue weighted by atomic mass is 9.90. The minimum Gasteiger partial charge on any atom is -0.481 e. The molecule has 0 bridgehead atoms. The molecule has 1 aromatic rings. The van der Waals surface area contributed by atoms with Gasteiger partial charge >= 0.3 is 5.97 Å². The number of hydrogen-bond acceptors (Lipinski definition) is 3. The van der Waals surface area contributed by atoms with Gasteiger partial charge in [0.2, 0.25) is 0 Å². The molecule has 0 aliphatic rings. The zero-order chi connectivity index (χ0) is 17.5. The van der Waals surface area contributed by atoms with E-state index in [0.29, 0.717) is 24.1 Å². The molecule has 0 saturated heterocycles. The first-order chi connectivity index (χ1) is 10.8. The number of carboxylic acid groups (broad SMARTS) is 1. The summed E-state index contributed by atoms with van der Waals surface area (Å²) in [6.07, 6.45) is 1.16. The van der Waals surface area contributed by atoms with E-state index in [1.54, 1.807) is 32.0 Å². The number of rotatable bonds is 8. The standard InChI is InChI=1S/C17H24N2O4/c1-4-9-18-14(20)12-6-5-7-13(11-12)15(21)19-10-8-17(2,3)16(22)23/h5-7,11H,4,8-10H2,1-3H3,(H,18,20)(H,19,21)(H,22,23). The van der Waals surface area contributed by atoms with Gasteiger partial charge in [-0.25, -0.2) is 0 Å². The van der Waals surface area contributed by atoms with E-state index in [4.69, 9.17) is 5.11 Å². The highest BCUT2D eigenvalue weighted by Crippen LogP contribution is 2.19.